The highest BCUT2D eigenvalue weighted by Gasteiger charge is 2.31. The minimum atomic E-state index is -1.18. The molecule has 0 aliphatic rings. The molecule has 0 spiro atoms. The molecule has 1 heterocycles. The van der Waals surface area contributed by atoms with Crippen molar-refractivity contribution in [2.45, 2.75) is 76.5 Å². The number of rotatable bonds is 17. The summed E-state index contributed by atoms with van der Waals surface area (Å²) in [6.45, 7) is 4.19. The van der Waals surface area contributed by atoms with Crippen LogP contribution in [0, 0.1) is 5.92 Å². The molecule has 214 valence electrons. The third-order valence-electron chi connectivity index (χ3n) is 6.65. The van der Waals surface area contributed by atoms with Gasteiger partial charge in [-0.15, -0.1) is 0 Å². The van der Waals surface area contributed by atoms with Crippen LogP contribution in [0.2, 0.25) is 0 Å². The van der Waals surface area contributed by atoms with Gasteiger partial charge in [-0.2, -0.15) is 0 Å². The Bertz CT molecular complexity index is 1050. The van der Waals surface area contributed by atoms with Gasteiger partial charge < -0.3 is 37.5 Å². The number of hydrogen-bond acceptors (Lipinski definition) is 7. The van der Waals surface area contributed by atoms with Gasteiger partial charge >= 0.3 is 5.97 Å². The lowest BCUT2D eigenvalue weighted by atomic mass is 9.98. The number of carbonyl (C=O) groups is 4. The highest BCUT2D eigenvalue weighted by molar-refractivity contribution is 5.94. The molecule has 2 rings (SSSR count). The Balaban J connectivity index is 2.25. The zero-order chi connectivity index (χ0) is 28.8. The molecule has 5 atom stereocenters. The van der Waals surface area contributed by atoms with Crippen LogP contribution in [0.25, 0.3) is 0 Å². The lowest BCUT2D eigenvalue weighted by Gasteiger charge is -2.26. The van der Waals surface area contributed by atoms with Gasteiger partial charge in [0.15, 0.2) is 0 Å². The van der Waals surface area contributed by atoms with Crippen LogP contribution in [0.4, 0.5) is 0 Å². The van der Waals surface area contributed by atoms with Gasteiger partial charge in [0.25, 0.3) is 0 Å². The number of aromatic amines is 1. The van der Waals surface area contributed by atoms with Crippen LogP contribution in [0.15, 0.2) is 42.9 Å². The molecule has 5 unspecified atom stereocenters. The van der Waals surface area contributed by atoms with E-state index in [1.807, 2.05) is 44.2 Å². The van der Waals surface area contributed by atoms with E-state index < -0.39 is 47.9 Å². The van der Waals surface area contributed by atoms with Crippen molar-refractivity contribution in [3.05, 3.63) is 54.1 Å². The first kappa shape index (κ1) is 31.4. The molecule has 12 heteroatoms. The summed E-state index contributed by atoms with van der Waals surface area (Å²) in [7, 11) is 0. The van der Waals surface area contributed by atoms with E-state index in [4.69, 9.17) is 11.5 Å². The maximum atomic E-state index is 13.5. The summed E-state index contributed by atoms with van der Waals surface area (Å²) in [5, 5.41) is 17.6. The van der Waals surface area contributed by atoms with E-state index in [1.165, 1.54) is 12.5 Å². The zero-order valence-electron chi connectivity index (χ0n) is 22.6. The smallest absolute Gasteiger partial charge is 0.326 e. The second-order valence-corrected chi connectivity index (χ2v) is 9.69. The Morgan fingerprint density at radius 2 is 1.56 bits per heavy atom. The molecule has 0 aliphatic carbocycles. The van der Waals surface area contributed by atoms with Crippen LogP contribution in [-0.4, -0.2) is 69.5 Å². The molecular weight excluding hydrogens is 502 g/mol. The molecule has 3 amide bonds. The van der Waals surface area contributed by atoms with E-state index in [-0.39, 0.29) is 25.2 Å². The number of carbonyl (C=O) groups excluding carboxylic acids is 3. The summed E-state index contributed by atoms with van der Waals surface area (Å²) in [6, 6.07) is 5.04. The summed E-state index contributed by atoms with van der Waals surface area (Å²) in [5.74, 6) is -3.02. The minimum Gasteiger partial charge on any atom is -0.480 e. The van der Waals surface area contributed by atoms with Crippen LogP contribution in [0.1, 0.15) is 50.8 Å². The Morgan fingerprint density at radius 1 is 0.949 bits per heavy atom. The summed E-state index contributed by atoms with van der Waals surface area (Å²) in [6.07, 6.45) is 5.17. The number of carboxylic acids is 1. The second kappa shape index (κ2) is 16.2. The largest absolute Gasteiger partial charge is 0.480 e. The van der Waals surface area contributed by atoms with Gasteiger partial charge in [-0.3, -0.25) is 14.4 Å². The normalized spacial score (nSPS) is 14.9. The van der Waals surface area contributed by atoms with Crippen molar-refractivity contribution in [3.63, 3.8) is 0 Å². The lowest BCUT2D eigenvalue weighted by Crippen LogP contribution is -2.58. The first-order chi connectivity index (χ1) is 18.7. The van der Waals surface area contributed by atoms with Gasteiger partial charge in [0, 0.05) is 24.7 Å². The number of imidazole rings is 1. The average Bonchev–Trinajstić information content (AvgIpc) is 3.44. The van der Waals surface area contributed by atoms with Gasteiger partial charge in [-0.1, -0.05) is 50.6 Å². The van der Waals surface area contributed by atoms with Crippen molar-refractivity contribution < 1.29 is 24.3 Å². The molecule has 2 aromatic rings. The summed E-state index contributed by atoms with van der Waals surface area (Å²) >= 11 is 0. The minimum absolute atomic E-state index is 0.0328. The molecule has 1 aromatic carbocycles. The average molecular weight is 544 g/mol. The number of nitrogens with one attached hydrogen (secondary N) is 4. The fraction of sp³-hybridized carbons (Fsp3) is 0.519. The number of carboxylic acid groups (broad SMARTS) is 1. The van der Waals surface area contributed by atoms with Crippen molar-refractivity contribution in [2.24, 2.45) is 17.4 Å². The monoisotopic (exact) mass is 543 g/mol. The number of hydrogen-bond donors (Lipinski definition) is 7. The summed E-state index contributed by atoms with van der Waals surface area (Å²) in [5.41, 5.74) is 13.0. The Morgan fingerprint density at radius 3 is 2.13 bits per heavy atom. The number of nitrogens with zero attached hydrogens (tertiary/aromatic N) is 1. The van der Waals surface area contributed by atoms with Gasteiger partial charge in [0.05, 0.1) is 12.4 Å². The highest BCUT2D eigenvalue weighted by atomic mass is 16.4. The summed E-state index contributed by atoms with van der Waals surface area (Å²) in [4.78, 5) is 58.2. The first-order valence-corrected chi connectivity index (χ1v) is 13.3. The predicted molar refractivity (Wildman–Crippen MR) is 146 cm³/mol. The van der Waals surface area contributed by atoms with Gasteiger partial charge in [0.1, 0.15) is 18.1 Å². The van der Waals surface area contributed by atoms with E-state index >= 15 is 0 Å². The molecular formula is C27H41N7O5. The maximum Gasteiger partial charge on any atom is 0.326 e. The molecule has 0 bridgehead atoms. The molecule has 0 fully saturated rings. The Kier molecular flexibility index (Phi) is 13.1. The summed E-state index contributed by atoms with van der Waals surface area (Å²) < 4.78 is 0. The first-order valence-electron chi connectivity index (χ1n) is 13.3. The standard InChI is InChI=1S/C27H41N7O5/c1-3-17(2)23(29)26(37)34-21(13-18-9-5-4-6-10-18)24(35)33-22(14-19-15-30-16-31-19)25(36)32-20(27(38)39)11-7-8-12-28/h4-6,9-10,15-17,20-23H,3,7-8,11-14,28-29H2,1-2H3,(H,30,31)(H,32,36)(H,33,35)(H,34,37)(H,38,39). The number of aromatic nitrogens is 2. The van der Waals surface area contributed by atoms with E-state index in [1.54, 1.807) is 0 Å². The topological polar surface area (TPSA) is 205 Å². The van der Waals surface area contributed by atoms with Crippen LogP contribution >= 0.6 is 0 Å². The number of amides is 3. The fourth-order valence-corrected chi connectivity index (χ4v) is 3.96. The van der Waals surface area contributed by atoms with Gasteiger partial charge in [-0.25, -0.2) is 9.78 Å². The third-order valence-corrected chi connectivity index (χ3v) is 6.65. The molecule has 12 nitrogen and oxygen atoms in total. The lowest BCUT2D eigenvalue weighted by molar-refractivity contribution is -0.142. The van der Waals surface area contributed by atoms with Crippen LogP contribution in [-0.2, 0) is 32.0 Å². The van der Waals surface area contributed by atoms with Gasteiger partial charge in [-0.05, 0) is 37.3 Å². The zero-order valence-corrected chi connectivity index (χ0v) is 22.6. The number of aliphatic carboxylic acids is 1. The second-order valence-electron chi connectivity index (χ2n) is 9.69. The highest BCUT2D eigenvalue weighted by Crippen LogP contribution is 2.09. The van der Waals surface area contributed by atoms with E-state index in [9.17, 15) is 24.3 Å². The van der Waals surface area contributed by atoms with Crippen LogP contribution in [0.5, 0.6) is 0 Å². The molecule has 0 saturated heterocycles. The number of unbranched alkanes of at least 4 members (excludes halogenated alkanes) is 1. The Labute approximate surface area is 228 Å². The molecule has 1 aromatic heterocycles. The maximum absolute atomic E-state index is 13.5. The van der Waals surface area contributed by atoms with Gasteiger partial charge in [0.2, 0.25) is 17.7 Å². The third kappa shape index (κ3) is 10.5. The number of benzene rings is 1. The molecule has 0 aliphatic heterocycles. The quantitative estimate of drug-likeness (QED) is 0.137. The number of nitrogens with two attached hydrogens (primary N) is 2. The fourth-order valence-electron chi connectivity index (χ4n) is 3.96. The van der Waals surface area contributed by atoms with Crippen molar-refractivity contribution >= 4 is 23.7 Å². The SMILES string of the molecule is CCC(C)C(N)C(=O)NC(Cc1ccccc1)C(=O)NC(Cc1cnc[nH]1)C(=O)NC(CCCCN)C(=O)O. The van der Waals surface area contributed by atoms with E-state index in [0.29, 0.717) is 31.5 Å². The van der Waals surface area contributed by atoms with Crippen molar-refractivity contribution in [1.82, 2.24) is 25.9 Å². The molecule has 0 radical (unpaired) electrons. The molecule has 9 N–H and O–H groups in total. The van der Waals surface area contributed by atoms with E-state index in [2.05, 4.69) is 25.9 Å². The van der Waals surface area contributed by atoms with Crippen LogP contribution in [0.3, 0.4) is 0 Å². The van der Waals surface area contributed by atoms with E-state index in [0.717, 1.165) is 5.56 Å². The van der Waals surface area contributed by atoms with Crippen molar-refractivity contribution in [3.8, 4) is 0 Å². The van der Waals surface area contributed by atoms with Crippen molar-refractivity contribution in [2.75, 3.05) is 6.54 Å². The number of H-pyrrole nitrogens is 1. The molecule has 0 saturated carbocycles. The Hall–Kier alpha value is -3.77. The van der Waals surface area contributed by atoms with Crippen molar-refractivity contribution in [1.29, 1.82) is 0 Å². The predicted octanol–water partition coefficient (Wildman–Crippen LogP) is 0.236. The van der Waals surface area contributed by atoms with Crippen LogP contribution < -0.4 is 27.4 Å². The molecule has 39 heavy (non-hydrogen) atoms.